The number of halogens is 2. The summed E-state index contributed by atoms with van der Waals surface area (Å²) in [6, 6.07) is 7.03. The van der Waals surface area contributed by atoms with Crippen LogP contribution < -0.4 is 5.56 Å². The molecule has 0 bridgehead atoms. The zero-order valence-corrected chi connectivity index (χ0v) is 9.27. The third kappa shape index (κ3) is 2.68. The molecule has 3 nitrogen and oxygen atoms in total. The summed E-state index contributed by atoms with van der Waals surface area (Å²) < 4.78 is 26.6. The van der Waals surface area contributed by atoms with E-state index in [9.17, 15) is 18.4 Å². The average molecular weight is 249 g/mol. The molecule has 0 radical (unpaired) electrons. The molecule has 1 aromatic carbocycles. The molecule has 18 heavy (non-hydrogen) atoms. The molecule has 5 heteroatoms. The van der Waals surface area contributed by atoms with Gasteiger partial charge in [-0.1, -0.05) is 0 Å². The van der Waals surface area contributed by atoms with Gasteiger partial charge in [-0.3, -0.25) is 9.59 Å². The summed E-state index contributed by atoms with van der Waals surface area (Å²) >= 11 is 0. The van der Waals surface area contributed by atoms with Crippen molar-refractivity contribution in [3.63, 3.8) is 0 Å². The Morgan fingerprint density at radius 3 is 2.28 bits per heavy atom. The quantitative estimate of drug-likeness (QED) is 0.780. The number of nitrogens with zero attached hydrogens (tertiary/aromatic N) is 1. The molecule has 1 heterocycles. The second-order valence-electron chi connectivity index (χ2n) is 3.74. The van der Waals surface area contributed by atoms with Crippen LogP contribution in [0.25, 0.3) is 0 Å². The number of hydrogen-bond donors (Lipinski definition) is 0. The molecule has 0 spiro atoms. The van der Waals surface area contributed by atoms with Crippen molar-refractivity contribution in [2.75, 3.05) is 0 Å². The van der Waals surface area contributed by atoms with Gasteiger partial charge < -0.3 is 4.57 Å². The molecule has 2 rings (SSSR count). The van der Waals surface area contributed by atoms with Crippen LogP contribution in [0.1, 0.15) is 10.4 Å². The monoisotopic (exact) mass is 249 g/mol. The lowest BCUT2D eigenvalue weighted by Crippen LogP contribution is -2.23. The fourth-order valence-electron chi connectivity index (χ4n) is 1.51. The van der Waals surface area contributed by atoms with Gasteiger partial charge in [0.25, 0.3) is 5.56 Å². The molecular weight excluding hydrogens is 240 g/mol. The maximum Gasteiger partial charge on any atom is 0.251 e. The highest BCUT2D eigenvalue weighted by Crippen LogP contribution is 2.05. The Kier molecular flexibility index (Phi) is 3.32. The van der Waals surface area contributed by atoms with Crippen LogP contribution in [0.4, 0.5) is 8.78 Å². The first-order valence-electron chi connectivity index (χ1n) is 5.21. The van der Waals surface area contributed by atoms with E-state index in [-0.39, 0.29) is 17.9 Å². The Bertz CT molecular complexity index is 632. The van der Waals surface area contributed by atoms with E-state index in [1.807, 2.05) is 0 Å². The van der Waals surface area contributed by atoms with E-state index in [0.29, 0.717) is 0 Å². The van der Waals surface area contributed by atoms with E-state index in [4.69, 9.17) is 0 Å². The first kappa shape index (κ1) is 12.2. The molecule has 0 unspecified atom stereocenters. The van der Waals surface area contributed by atoms with Crippen LogP contribution in [-0.4, -0.2) is 10.4 Å². The van der Waals surface area contributed by atoms with Crippen molar-refractivity contribution in [3.05, 3.63) is 70.1 Å². The van der Waals surface area contributed by atoms with Crippen LogP contribution in [0.5, 0.6) is 0 Å². The molecule has 0 amide bonds. The Labute approximate surface area is 101 Å². The summed E-state index contributed by atoms with van der Waals surface area (Å²) in [5.41, 5.74) is -0.195. The lowest BCUT2D eigenvalue weighted by Gasteiger charge is -2.04. The molecule has 0 saturated heterocycles. The average Bonchev–Trinajstić information content (AvgIpc) is 2.34. The molecule has 0 aliphatic rings. The van der Waals surface area contributed by atoms with Crippen molar-refractivity contribution in [1.29, 1.82) is 0 Å². The number of ketones is 1. The third-order valence-electron chi connectivity index (χ3n) is 2.43. The minimum Gasteiger partial charge on any atom is -0.305 e. The van der Waals surface area contributed by atoms with Gasteiger partial charge >= 0.3 is 0 Å². The topological polar surface area (TPSA) is 39.1 Å². The standard InChI is InChI=1S/C13H9F2NO2/c14-10-3-1-9(2-4-10)12(17)8-16-7-11(15)5-6-13(16)18/h1-7H,8H2. The minimum absolute atomic E-state index is 0.271. The van der Waals surface area contributed by atoms with Crippen molar-refractivity contribution in [2.45, 2.75) is 6.54 Å². The molecule has 0 atom stereocenters. The molecule has 92 valence electrons. The van der Waals surface area contributed by atoms with Crippen LogP contribution >= 0.6 is 0 Å². The van der Waals surface area contributed by atoms with Crippen LogP contribution in [0, 0.1) is 11.6 Å². The van der Waals surface area contributed by atoms with Gasteiger partial charge in [0, 0.05) is 17.8 Å². The summed E-state index contributed by atoms with van der Waals surface area (Å²) in [6.45, 7) is -0.276. The maximum absolute atomic E-state index is 12.9. The van der Waals surface area contributed by atoms with E-state index in [0.717, 1.165) is 35.0 Å². The maximum atomic E-state index is 12.9. The lowest BCUT2D eigenvalue weighted by atomic mass is 10.1. The van der Waals surface area contributed by atoms with E-state index in [2.05, 4.69) is 0 Å². The van der Waals surface area contributed by atoms with Crippen molar-refractivity contribution >= 4 is 5.78 Å². The Hall–Kier alpha value is -2.30. The van der Waals surface area contributed by atoms with Crippen molar-refractivity contribution in [3.8, 4) is 0 Å². The second-order valence-corrected chi connectivity index (χ2v) is 3.74. The molecule has 0 aliphatic carbocycles. The number of pyridine rings is 1. The highest BCUT2D eigenvalue weighted by Gasteiger charge is 2.08. The van der Waals surface area contributed by atoms with Gasteiger partial charge in [-0.2, -0.15) is 0 Å². The Balaban J connectivity index is 2.24. The summed E-state index contributed by atoms with van der Waals surface area (Å²) in [4.78, 5) is 23.2. The largest absolute Gasteiger partial charge is 0.305 e. The molecule has 0 N–H and O–H groups in total. The summed E-state index contributed by atoms with van der Waals surface area (Å²) in [6.07, 6.45) is 0.962. The van der Waals surface area contributed by atoms with Gasteiger partial charge in [0.1, 0.15) is 11.6 Å². The number of aromatic nitrogens is 1. The lowest BCUT2D eigenvalue weighted by molar-refractivity contribution is 0.0970. The van der Waals surface area contributed by atoms with Gasteiger partial charge in [-0.05, 0) is 30.3 Å². The van der Waals surface area contributed by atoms with Crippen LogP contribution in [0.2, 0.25) is 0 Å². The van der Waals surface area contributed by atoms with Crippen molar-refractivity contribution in [2.24, 2.45) is 0 Å². The predicted molar refractivity (Wildman–Crippen MR) is 61.4 cm³/mol. The van der Waals surface area contributed by atoms with E-state index in [1.165, 1.54) is 12.1 Å². The molecule has 0 aliphatic heterocycles. The highest BCUT2D eigenvalue weighted by atomic mass is 19.1. The Morgan fingerprint density at radius 2 is 1.61 bits per heavy atom. The zero-order chi connectivity index (χ0) is 13.1. The Morgan fingerprint density at radius 1 is 1.00 bits per heavy atom. The molecule has 0 fully saturated rings. The summed E-state index contributed by atoms with van der Waals surface area (Å²) in [5.74, 6) is -1.43. The van der Waals surface area contributed by atoms with Crippen LogP contribution in [-0.2, 0) is 6.54 Å². The van der Waals surface area contributed by atoms with E-state index in [1.54, 1.807) is 0 Å². The number of carbonyl (C=O) groups is 1. The SMILES string of the molecule is O=C(Cn1cc(F)ccc1=O)c1ccc(F)cc1. The normalized spacial score (nSPS) is 10.3. The van der Waals surface area contributed by atoms with Gasteiger partial charge in [0.05, 0.1) is 6.54 Å². The van der Waals surface area contributed by atoms with Gasteiger partial charge in [-0.25, -0.2) is 8.78 Å². The zero-order valence-electron chi connectivity index (χ0n) is 9.27. The van der Waals surface area contributed by atoms with Crippen molar-refractivity contribution in [1.82, 2.24) is 4.57 Å². The fourth-order valence-corrected chi connectivity index (χ4v) is 1.51. The second kappa shape index (κ2) is 4.91. The van der Waals surface area contributed by atoms with Gasteiger partial charge in [0.15, 0.2) is 5.78 Å². The fraction of sp³-hybridized carbons (Fsp3) is 0.0769. The summed E-state index contributed by atoms with van der Waals surface area (Å²) in [5, 5.41) is 0. The number of hydrogen-bond acceptors (Lipinski definition) is 2. The first-order chi connectivity index (χ1) is 8.56. The number of carbonyl (C=O) groups excluding carboxylic acids is 1. The number of rotatable bonds is 3. The minimum atomic E-state index is -0.596. The smallest absolute Gasteiger partial charge is 0.251 e. The number of Topliss-reactive ketones (excluding diaryl/α,β-unsaturated/α-hetero) is 1. The van der Waals surface area contributed by atoms with Crippen molar-refractivity contribution < 1.29 is 13.6 Å². The first-order valence-corrected chi connectivity index (χ1v) is 5.21. The van der Waals surface area contributed by atoms with Gasteiger partial charge in [-0.15, -0.1) is 0 Å². The van der Waals surface area contributed by atoms with Crippen LogP contribution in [0.15, 0.2) is 47.4 Å². The molecule has 1 aromatic heterocycles. The van der Waals surface area contributed by atoms with Crippen LogP contribution in [0.3, 0.4) is 0 Å². The molecule has 2 aromatic rings. The summed E-state index contributed by atoms with van der Waals surface area (Å²) in [7, 11) is 0. The number of benzene rings is 1. The van der Waals surface area contributed by atoms with E-state index >= 15 is 0 Å². The highest BCUT2D eigenvalue weighted by molar-refractivity contribution is 5.95. The molecular formula is C13H9F2NO2. The van der Waals surface area contributed by atoms with Gasteiger partial charge in [0.2, 0.25) is 0 Å². The van der Waals surface area contributed by atoms with E-state index < -0.39 is 17.2 Å². The molecule has 0 saturated carbocycles. The predicted octanol–water partition coefficient (Wildman–Crippen LogP) is 2.01. The third-order valence-corrected chi connectivity index (χ3v) is 2.43.